The van der Waals surface area contributed by atoms with Crippen molar-refractivity contribution < 1.29 is 58.7 Å². The Hall–Kier alpha value is -1.96. The van der Waals surface area contributed by atoms with E-state index in [-0.39, 0.29) is 27.2 Å². The van der Waals surface area contributed by atoms with E-state index in [1.165, 1.54) is 0 Å². The van der Waals surface area contributed by atoms with Gasteiger partial charge in [0, 0.05) is 20.4 Å². The van der Waals surface area contributed by atoms with Crippen LogP contribution in [0.3, 0.4) is 0 Å². The molecule has 0 unspecified atom stereocenters. The van der Waals surface area contributed by atoms with Crippen LogP contribution in [0.25, 0.3) is 0 Å². The maximum absolute atomic E-state index is 11.3. The van der Waals surface area contributed by atoms with Crippen molar-refractivity contribution in [2.45, 2.75) is 13.8 Å². The Labute approximate surface area is 140 Å². The van der Waals surface area contributed by atoms with Crippen molar-refractivity contribution in [3.63, 3.8) is 0 Å². The molecule has 0 atom stereocenters. The molecule has 0 aliphatic carbocycles. The van der Waals surface area contributed by atoms with Crippen molar-refractivity contribution in [3.8, 4) is 23.0 Å². The summed E-state index contributed by atoms with van der Waals surface area (Å²) in [5.74, 6) is -0.160. The van der Waals surface area contributed by atoms with E-state index in [4.69, 9.17) is 28.1 Å². The monoisotopic (exact) mass is 479 g/mol. The second kappa shape index (κ2) is 17.1. The standard InChI is InChI=1S/C9H10O4.4CO.Re/c1-4-6(10)7(11)5(2)9-8(4)12-3-13-9;4*1-2;/h10-11H,3H2,1-2H3;;;;;/p-2. The molecule has 2 rings (SSSR count). The predicted molar refractivity (Wildman–Crippen MR) is 56.6 cm³/mol. The molecule has 1 aliphatic rings. The molecule has 9 heteroatoms. The summed E-state index contributed by atoms with van der Waals surface area (Å²) >= 11 is 0. The van der Waals surface area contributed by atoms with Crippen molar-refractivity contribution in [1.29, 1.82) is 0 Å². The van der Waals surface area contributed by atoms with Gasteiger partial charge in [0.15, 0.2) is 11.5 Å². The summed E-state index contributed by atoms with van der Waals surface area (Å²) in [6.07, 6.45) is 0. The molecule has 1 aliphatic heterocycles. The van der Waals surface area contributed by atoms with E-state index < -0.39 is 11.5 Å². The first-order chi connectivity index (χ1) is 10.1. The summed E-state index contributed by atoms with van der Waals surface area (Å²) in [7, 11) is 0. The Balaban J connectivity index is -0.000000158. The van der Waals surface area contributed by atoms with Gasteiger partial charge in [0.1, 0.15) is 0 Å². The molecule has 1 radical (unpaired) electrons. The third-order valence-corrected chi connectivity index (χ3v) is 2.18. The fourth-order valence-corrected chi connectivity index (χ4v) is 1.38. The Morgan fingerprint density at radius 2 is 0.955 bits per heavy atom. The first-order valence-corrected chi connectivity index (χ1v) is 4.71. The fraction of sp³-hybridized carbons (Fsp3) is 0.231. The fourth-order valence-electron chi connectivity index (χ4n) is 1.38. The molecule has 1 aromatic carbocycles. The average molecular weight is 478 g/mol. The van der Waals surface area contributed by atoms with E-state index in [9.17, 15) is 10.2 Å². The minimum absolute atomic E-state index is 0. The largest absolute Gasteiger partial charge is 0 e. The zero-order valence-electron chi connectivity index (χ0n) is 11.4. The van der Waals surface area contributed by atoms with Gasteiger partial charge >= 0.3 is 45.2 Å². The van der Waals surface area contributed by atoms with Crippen LogP contribution in [0, 0.1) is 40.4 Å². The first-order valence-electron chi connectivity index (χ1n) is 4.71. The van der Waals surface area contributed by atoms with Gasteiger partial charge in [-0.25, -0.2) is 0 Å². The molecule has 0 fully saturated rings. The van der Waals surface area contributed by atoms with E-state index >= 15 is 0 Å². The Morgan fingerprint density at radius 1 is 0.727 bits per heavy atom. The summed E-state index contributed by atoms with van der Waals surface area (Å²) in [6, 6.07) is 0. The van der Waals surface area contributed by atoms with Crippen LogP contribution in [0.2, 0.25) is 0 Å². The molecule has 117 valence electrons. The van der Waals surface area contributed by atoms with Crippen molar-refractivity contribution in [2.75, 3.05) is 6.79 Å². The molecule has 0 spiro atoms. The van der Waals surface area contributed by atoms with Crippen molar-refractivity contribution >= 4 is 0 Å². The molecular formula is C13H8O8Re-2. The van der Waals surface area contributed by atoms with Crippen molar-refractivity contribution in [3.05, 3.63) is 37.7 Å². The summed E-state index contributed by atoms with van der Waals surface area (Å²) in [5, 5.41) is 22.6. The van der Waals surface area contributed by atoms with Crippen LogP contribution < -0.4 is 19.7 Å². The number of fused-ring (bicyclic) bond motifs is 1. The van der Waals surface area contributed by atoms with Gasteiger partial charge < -0.3 is 19.7 Å². The molecule has 0 N–H and O–H groups in total. The average Bonchev–Trinajstić information content (AvgIpc) is 3.08. The van der Waals surface area contributed by atoms with Gasteiger partial charge in [-0.1, -0.05) is 0 Å². The van der Waals surface area contributed by atoms with Crippen LogP contribution in [0.4, 0.5) is 0 Å². The summed E-state index contributed by atoms with van der Waals surface area (Å²) in [4.78, 5) is 0. The van der Waals surface area contributed by atoms with E-state index in [0.29, 0.717) is 22.6 Å². The number of hydrogen-bond donors (Lipinski definition) is 0. The van der Waals surface area contributed by atoms with Crippen molar-refractivity contribution in [2.24, 2.45) is 0 Å². The number of ether oxygens (including phenoxy) is 2. The quantitative estimate of drug-likeness (QED) is 0.383. The summed E-state index contributed by atoms with van der Waals surface area (Å²) in [5.41, 5.74) is 0.672. The summed E-state index contributed by atoms with van der Waals surface area (Å²) in [6.45, 7) is 21.2. The van der Waals surface area contributed by atoms with E-state index in [2.05, 4.69) is 26.6 Å². The Kier molecular flexibility index (Phi) is 21.9. The molecule has 0 bridgehead atoms. The third-order valence-electron chi connectivity index (χ3n) is 2.18. The van der Waals surface area contributed by atoms with Gasteiger partial charge in [0.2, 0.25) is 6.79 Å². The van der Waals surface area contributed by atoms with Crippen LogP contribution in [0.15, 0.2) is 0 Å². The minimum atomic E-state index is -0.498. The van der Waals surface area contributed by atoms with Gasteiger partial charge in [-0.3, -0.25) is 0 Å². The van der Waals surface area contributed by atoms with Crippen molar-refractivity contribution in [1.82, 2.24) is 0 Å². The predicted octanol–water partition coefficient (Wildman–Crippen LogP) is 0.0268. The molecule has 1 aromatic rings. The molecule has 1 heterocycles. The second-order valence-electron chi connectivity index (χ2n) is 2.97. The molecular weight excluding hydrogens is 470 g/mol. The molecule has 22 heavy (non-hydrogen) atoms. The topological polar surface area (TPSA) is 144 Å². The van der Waals surface area contributed by atoms with E-state index in [1.807, 2.05) is 0 Å². The van der Waals surface area contributed by atoms with Crippen LogP contribution in [0.1, 0.15) is 11.1 Å². The molecule has 0 saturated heterocycles. The van der Waals surface area contributed by atoms with Gasteiger partial charge in [0.05, 0.1) is 0 Å². The van der Waals surface area contributed by atoms with Crippen LogP contribution in [-0.4, -0.2) is 6.79 Å². The smallest absolute Gasteiger partial charge is 0 e. The van der Waals surface area contributed by atoms with Crippen LogP contribution >= 0.6 is 0 Å². The summed E-state index contributed by atoms with van der Waals surface area (Å²) < 4.78 is 40.2. The first kappa shape index (κ1) is 28.2. The number of hydrogen-bond acceptors (Lipinski definition) is 4. The maximum Gasteiger partial charge on any atom is 0 e. The van der Waals surface area contributed by atoms with E-state index in [1.54, 1.807) is 13.8 Å². The normalized spacial score (nSPS) is 8.27. The zero-order chi connectivity index (χ0) is 17.6. The second-order valence-corrected chi connectivity index (χ2v) is 2.97. The van der Waals surface area contributed by atoms with E-state index in [0.717, 1.165) is 0 Å². The molecule has 0 aromatic heterocycles. The SMILES string of the molecule is Cc1c([O-])c([O-])c(C)c2c1OCO2.[C-]#[O+].[C-]#[O+].[C-]#[O+].[C-]#[O+].[Re]. The van der Waals surface area contributed by atoms with Gasteiger partial charge in [0.25, 0.3) is 0 Å². The van der Waals surface area contributed by atoms with Crippen LogP contribution in [-0.2, 0) is 39.0 Å². The van der Waals surface area contributed by atoms with Gasteiger partial charge in [-0.05, 0) is 25.0 Å². The molecule has 0 saturated carbocycles. The van der Waals surface area contributed by atoms with Gasteiger partial charge in [-0.2, -0.15) is 0 Å². The van der Waals surface area contributed by atoms with Crippen LogP contribution in [0.5, 0.6) is 23.0 Å². The number of rotatable bonds is 0. The third kappa shape index (κ3) is 6.66. The minimum Gasteiger partial charge on any atom is 0 e. The molecule has 8 nitrogen and oxygen atoms in total. The van der Waals surface area contributed by atoms with Gasteiger partial charge in [-0.15, -0.1) is 11.5 Å². The molecule has 0 amide bonds. The zero-order valence-corrected chi connectivity index (χ0v) is 14.1. The Bertz CT molecular complexity index is 472. The Morgan fingerprint density at radius 3 is 1.18 bits per heavy atom. The number of benzene rings is 1. The maximum atomic E-state index is 11.3.